The zero-order valence-corrected chi connectivity index (χ0v) is 31.5. The number of fused-ring (bicyclic) bond motifs is 3. The van der Waals surface area contributed by atoms with Crippen molar-refractivity contribution in [2.45, 2.75) is 54.9 Å². The predicted molar refractivity (Wildman–Crippen MR) is 211 cm³/mol. The molecule has 0 aromatic heterocycles. The highest BCUT2D eigenvalue weighted by atomic mass is 16.5. The molecule has 0 bridgehead atoms. The van der Waals surface area contributed by atoms with Crippen molar-refractivity contribution in [3.8, 4) is 74.7 Å². The van der Waals surface area contributed by atoms with Crippen LogP contribution in [-0.2, 0) is 6.42 Å². The lowest BCUT2D eigenvalue weighted by atomic mass is 9.73. The van der Waals surface area contributed by atoms with Gasteiger partial charge in [-0.25, -0.2) is 0 Å². The summed E-state index contributed by atoms with van der Waals surface area (Å²) in [6.45, 7) is 0. The number of benzene rings is 6. The summed E-state index contributed by atoms with van der Waals surface area (Å²) in [6.07, 6.45) is -9.21. The lowest BCUT2D eigenvalue weighted by Crippen LogP contribution is -2.38. The molecule has 0 amide bonds. The van der Waals surface area contributed by atoms with E-state index in [9.17, 15) is 66.4 Å². The summed E-state index contributed by atoms with van der Waals surface area (Å²) < 4.78 is 18.9. The van der Waals surface area contributed by atoms with Gasteiger partial charge in [0.2, 0.25) is 0 Å². The normalized spacial score (nSPS) is 24.0. The van der Waals surface area contributed by atoms with Gasteiger partial charge in [0.05, 0.1) is 6.10 Å². The van der Waals surface area contributed by atoms with Crippen molar-refractivity contribution in [1.82, 2.24) is 0 Å². The van der Waals surface area contributed by atoms with E-state index in [1.807, 2.05) is 0 Å². The first-order chi connectivity index (χ1) is 29.1. The molecule has 0 spiro atoms. The molecule has 3 heterocycles. The molecule has 6 aromatic rings. The SMILES string of the molecule is Oc1ccc2c(c1)O[C@H](c1ccc(O)c(O)c1)[C@@H](O)[C@H]2c1c(O)c([C@@H]2c3ccc(O)cc3O[C@H](c3ccc(O)c(O)c3)[C@H]2O)c(O)c2c1O[C@H](c1ccc(O)c(O)c1)[C@@H](O)C2. The van der Waals surface area contributed by atoms with E-state index in [0.717, 1.165) is 12.1 Å². The van der Waals surface area contributed by atoms with Crippen LogP contribution >= 0.6 is 0 Å². The fraction of sp³-hybridized carbons (Fsp3) is 0.200. The molecule has 3 aliphatic rings. The minimum absolute atomic E-state index is 0.00791. The van der Waals surface area contributed by atoms with Crippen molar-refractivity contribution in [1.29, 1.82) is 0 Å². The van der Waals surface area contributed by atoms with Gasteiger partial charge in [-0.05, 0) is 65.2 Å². The molecule has 0 radical (unpaired) electrons. The summed E-state index contributed by atoms with van der Waals surface area (Å²) in [4.78, 5) is 0. The Bertz CT molecular complexity index is 2730. The van der Waals surface area contributed by atoms with E-state index < -0.39 is 94.5 Å². The van der Waals surface area contributed by atoms with Gasteiger partial charge in [-0.1, -0.05) is 30.3 Å². The Hall–Kier alpha value is -7.40. The number of phenols is 10. The number of aromatic hydroxyl groups is 10. The van der Waals surface area contributed by atoms with Crippen LogP contribution in [0.4, 0.5) is 0 Å². The highest BCUT2D eigenvalue weighted by Crippen LogP contribution is 2.60. The van der Waals surface area contributed by atoms with Crippen LogP contribution < -0.4 is 14.2 Å². The maximum Gasteiger partial charge on any atom is 0.157 e. The van der Waals surface area contributed by atoms with Gasteiger partial charge in [0, 0.05) is 58.2 Å². The smallest absolute Gasteiger partial charge is 0.157 e. The van der Waals surface area contributed by atoms with E-state index >= 15 is 0 Å². The quantitative estimate of drug-likeness (QED) is 0.101. The van der Waals surface area contributed by atoms with Crippen molar-refractivity contribution in [2.75, 3.05) is 0 Å². The van der Waals surface area contributed by atoms with Gasteiger partial charge in [-0.2, -0.15) is 0 Å². The summed E-state index contributed by atoms with van der Waals surface area (Å²) >= 11 is 0. The summed E-state index contributed by atoms with van der Waals surface area (Å²) in [5.74, 6) is -7.77. The maximum atomic E-state index is 12.9. The first-order valence-electron chi connectivity index (χ1n) is 19.0. The molecule has 16 nitrogen and oxygen atoms in total. The molecule has 314 valence electrons. The monoisotopic (exact) mass is 834 g/mol. The van der Waals surface area contributed by atoms with E-state index in [1.54, 1.807) is 0 Å². The molecule has 0 fully saturated rings. The van der Waals surface area contributed by atoms with Crippen LogP contribution in [0.15, 0.2) is 91.0 Å². The summed E-state index contributed by atoms with van der Waals surface area (Å²) in [7, 11) is 0. The Kier molecular flexibility index (Phi) is 9.23. The Morgan fingerprint density at radius 2 is 0.836 bits per heavy atom. The number of aliphatic hydroxyl groups excluding tert-OH is 3. The van der Waals surface area contributed by atoms with Gasteiger partial charge in [0.1, 0.15) is 58.6 Å². The second kappa shape index (κ2) is 14.4. The van der Waals surface area contributed by atoms with E-state index in [2.05, 4.69) is 0 Å². The molecule has 0 saturated heterocycles. The van der Waals surface area contributed by atoms with Crippen LogP contribution in [0.3, 0.4) is 0 Å². The van der Waals surface area contributed by atoms with E-state index in [1.165, 1.54) is 78.9 Å². The molecule has 3 aliphatic heterocycles. The minimum Gasteiger partial charge on any atom is -0.508 e. The van der Waals surface area contributed by atoms with Crippen LogP contribution in [0.2, 0.25) is 0 Å². The van der Waals surface area contributed by atoms with Gasteiger partial charge >= 0.3 is 0 Å². The third kappa shape index (κ3) is 6.35. The maximum absolute atomic E-state index is 12.9. The van der Waals surface area contributed by atoms with Crippen molar-refractivity contribution in [3.63, 3.8) is 0 Å². The molecular weight excluding hydrogens is 796 g/mol. The van der Waals surface area contributed by atoms with Crippen molar-refractivity contribution >= 4 is 0 Å². The summed E-state index contributed by atoms with van der Waals surface area (Å²) in [5.41, 5.74) is 0.295. The molecule has 0 aliphatic carbocycles. The number of rotatable bonds is 5. The summed E-state index contributed by atoms with van der Waals surface area (Å²) in [6, 6.07) is 19.2. The molecule has 0 saturated carbocycles. The lowest BCUT2D eigenvalue weighted by Gasteiger charge is -2.42. The third-order valence-corrected chi connectivity index (χ3v) is 11.7. The Labute approximate surface area is 345 Å². The highest BCUT2D eigenvalue weighted by Gasteiger charge is 2.49. The number of phenolic OH excluding ortho intramolecular Hbond substituents is 10. The van der Waals surface area contributed by atoms with Crippen molar-refractivity contribution in [2.24, 2.45) is 0 Å². The molecule has 13 N–H and O–H groups in total. The van der Waals surface area contributed by atoms with E-state index in [0.29, 0.717) is 0 Å². The highest BCUT2D eigenvalue weighted by molar-refractivity contribution is 5.70. The van der Waals surface area contributed by atoms with Gasteiger partial charge in [0.25, 0.3) is 0 Å². The van der Waals surface area contributed by atoms with Crippen LogP contribution in [0.25, 0.3) is 0 Å². The second-order valence-electron chi connectivity index (χ2n) is 15.3. The Balaban J connectivity index is 1.31. The largest absolute Gasteiger partial charge is 0.508 e. The average Bonchev–Trinajstić information content (AvgIpc) is 3.22. The number of hydrogen-bond acceptors (Lipinski definition) is 16. The lowest BCUT2D eigenvalue weighted by molar-refractivity contribution is 0.000360. The standard InChI is InChI=1S/C45H38O16/c46-20-4-6-22-32(14-20)59-43(18-2-9-26(49)29(52)12-18)40(57)34(22)36-38(55)24-16-31(54)42(17-1-8-25(48)28(51)11-17)61-45(24)37(39(36)56)35-23-7-5-21(47)15-33(23)60-44(41(35)58)19-3-10-27(50)30(53)13-19/h1-15,31,34-35,40-44,46-58H,16H2/t31-,34-,35+,40-,41-,42+,43+,44+/m0/s1. The number of aliphatic hydroxyl groups is 3. The zero-order valence-electron chi connectivity index (χ0n) is 31.5. The molecule has 61 heavy (non-hydrogen) atoms. The zero-order chi connectivity index (χ0) is 43.2. The van der Waals surface area contributed by atoms with Crippen LogP contribution in [-0.4, -0.2) is 84.7 Å². The first-order valence-corrected chi connectivity index (χ1v) is 19.0. The first kappa shape index (κ1) is 39.1. The fourth-order valence-corrected chi connectivity index (χ4v) is 8.75. The summed E-state index contributed by atoms with van der Waals surface area (Å²) in [5, 5.41) is 144. The van der Waals surface area contributed by atoms with Crippen LogP contribution in [0, 0.1) is 0 Å². The van der Waals surface area contributed by atoms with Crippen molar-refractivity contribution in [3.05, 3.63) is 136 Å². The van der Waals surface area contributed by atoms with Crippen LogP contribution in [0.5, 0.6) is 74.7 Å². The van der Waals surface area contributed by atoms with Gasteiger partial charge in [-0.15, -0.1) is 0 Å². The second-order valence-corrected chi connectivity index (χ2v) is 15.3. The van der Waals surface area contributed by atoms with Gasteiger partial charge in [-0.3, -0.25) is 0 Å². The number of ether oxygens (including phenoxy) is 3. The predicted octanol–water partition coefficient (Wildman–Crippen LogP) is 5.03. The van der Waals surface area contributed by atoms with E-state index in [4.69, 9.17) is 14.2 Å². The molecule has 16 heteroatoms. The average molecular weight is 835 g/mol. The fourth-order valence-electron chi connectivity index (χ4n) is 8.75. The molecule has 9 rings (SSSR count). The van der Waals surface area contributed by atoms with E-state index in [-0.39, 0.29) is 79.7 Å². The van der Waals surface area contributed by atoms with Gasteiger partial charge < -0.3 is 80.6 Å². The number of hydrogen-bond donors (Lipinski definition) is 13. The topological polar surface area (TPSA) is 291 Å². The molecular formula is C45H38O16. The molecule has 8 atom stereocenters. The van der Waals surface area contributed by atoms with Gasteiger partial charge in [0.15, 0.2) is 46.7 Å². The Morgan fingerprint density at radius 1 is 0.410 bits per heavy atom. The Morgan fingerprint density at radius 3 is 1.28 bits per heavy atom. The molecule has 6 aromatic carbocycles. The minimum atomic E-state index is -1.69. The van der Waals surface area contributed by atoms with Crippen LogP contribution in [0.1, 0.15) is 74.7 Å². The third-order valence-electron chi connectivity index (χ3n) is 11.7. The van der Waals surface area contributed by atoms with Crippen molar-refractivity contribution < 1.29 is 80.6 Å². The molecule has 0 unspecified atom stereocenters.